The van der Waals surface area contributed by atoms with Crippen molar-refractivity contribution in [3.8, 4) is 0 Å². The van der Waals surface area contributed by atoms with Crippen molar-refractivity contribution in [2.24, 2.45) is 5.73 Å². The third-order valence-electron chi connectivity index (χ3n) is 1.95. The predicted molar refractivity (Wildman–Crippen MR) is 63.2 cm³/mol. The Morgan fingerprint density at radius 1 is 1.56 bits per heavy atom. The number of nitrogens with one attached hydrogen (secondary N) is 2. The number of nitrogens with zero attached hydrogens (tertiary/aromatic N) is 1. The Hall–Kier alpha value is -1.76. The lowest BCUT2D eigenvalue weighted by Gasteiger charge is -2.24. The van der Waals surface area contributed by atoms with Gasteiger partial charge < -0.3 is 11.1 Å². The van der Waals surface area contributed by atoms with E-state index in [-0.39, 0.29) is 16.2 Å². The number of hydrogen-bond donors (Lipinski definition) is 3. The molecule has 0 saturated carbocycles. The highest BCUT2D eigenvalue weighted by atomic mass is 32.1. The summed E-state index contributed by atoms with van der Waals surface area (Å²) in [6.45, 7) is 3.36. The minimum atomic E-state index is -0.801. The Labute approximate surface area is 97.2 Å². The minimum Gasteiger partial charge on any atom is -0.391 e. The molecule has 1 rings (SSSR count). The Kier molecular flexibility index (Phi) is 3.38. The van der Waals surface area contributed by atoms with E-state index in [9.17, 15) is 9.59 Å². The molecule has 0 radical (unpaired) electrons. The van der Waals surface area contributed by atoms with Crippen LogP contribution in [0.5, 0.6) is 0 Å². The van der Waals surface area contributed by atoms with E-state index in [1.165, 1.54) is 12.1 Å². The first kappa shape index (κ1) is 12.3. The maximum absolute atomic E-state index is 11.7. The van der Waals surface area contributed by atoms with E-state index in [1.54, 1.807) is 13.8 Å². The van der Waals surface area contributed by atoms with Gasteiger partial charge in [0.05, 0.1) is 10.5 Å². The van der Waals surface area contributed by atoms with Crippen LogP contribution in [0.1, 0.15) is 24.3 Å². The van der Waals surface area contributed by atoms with E-state index < -0.39 is 11.4 Å². The van der Waals surface area contributed by atoms with Gasteiger partial charge in [0.15, 0.2) is 0 Å². The Bertz CT molecular complexity index is 460. The van der Waals surface area contributed by atoms with Crippen LogP contribution in [0.4, 0.5) is 0 Å². The molecule has 1 heterocycles. The number of carbonyl (C=O) groups excluding carboxylic acids is 1. The van der Waals surface area contributed by atoms with Gasteiger partial charge in [-0.2, -0.15) is 5.10 Å². The molecular weight excluding hydrogens is 228 g/mol. The lowest BCUT2D eigenvalue weighted by Crippen LogP contribution is -2.52. The Morgan fingerprint density at radius 3 is 2.62 bits per heavy atom. The fourth-order valence-corrected chi connectivity index (χ4v) is 0.931. The second-order valence-corrected chi connectivity index (χ2v) is 4.19. The highest BCUT2D eigenvalue weighted by Crippen LogP contribution is 2.03. The number of thiocarbonyl (C=S) groups is 1. The number of nitrogens with two attached hydrogens (primary N) is 1. The summed E-state index contributed by atoms with van der Waals surface area (Å²) < 4.78 is 0. The van der Waals surface area contributed by atoms with E-state index in [2.05, 4.69) is 15.5 Å². The molecule has 7 heteroatoms. The smallest absolute Gasteiger partial charge is 0.272 e. The minimum absolute atomic E-state index is 0.101. The summed E-state index contributed by atoms with van der Waals surface area (Å²) in [5, 5.41) is 8.36. The fraction of sp³-hybridized carbons (Fsp3) is 0.333. The SMILES string of the molecule is CC(C)(NC(=O)c1ccc(=O)[nH]n1)C(N)=S. The normalized spacial score (nSPS) is 10.9. The van der Waals surface area contributed by atoms with Gasteiger partial charge in [-0.1, -0.05) is 12.2 Å². The molecule has 0 aromatic carbocycles. The Morgan fingerprint density at radius 2 is 2.19 bits per heavy atom. The van der Waals surface area contributed by atoms with Crippen molar-refractivity contribution in [3.05, 3.63) is 28.2 Å². The molecule has 0 aliphatic rings. The van der Waals surface area contributed by atoms with Crippen molar-refractivity contribution in [1.82, 2.24) is 15.5 Å². The lowest BCUT2D eigenvalue weighted by atomic mass is 10.1. The van der Waals surface area contributed by atoms with Crippen LogP contribution in [0, 0.1) is 0 Å². The van der Waals surface area contributed by atoms with Gasteiger partial charge in [-0.05, 0) is 19.9 Å². The molecule has 0 aliphatic carbocycles. The highest BCUT2D eigenvalue weighted by Gasteiger charge is 2.24. The molecule has 1 aromatic heterocycles. The zero-order chi connectivity index (χ0) is 12.3. The molecule has 6 nitrogen and oxygen atoms in total. The molecule has 0 atom stereocenters. The monoisotopic (exact) mass is 240 g/mol. The van der Waals surface area contributed by atoms with Gasteiger partial charge in [-0.3, -0.25) is 9.59 Å². The average Bonchev–Trinajstić information content (AvgIpc) is 2.17. The molecular formula is C9H12N4O2S. The highest BCUT2D eigenvalue weighted by molar-refractivity contribution is 7.80. The largest absolute Gasteiger partial charge is 0.391 e. The summed E-state index contributed by atoms with van der Waals surface area (Å²) in [4.78, 5) is 22.6. The van der Waals surface area contributed by atoms with Crippen LogP contribution in [0.2, 0.25) is 0 Å². The van der Waals surface area contributed by atoms with Crippen LogP contribution < -0.4 is 16.6 Å². The number of H-pyrrole nitrogens is 1. The topological polar surface area (TPSA) is 101 Å². The van der Waals surface area contributed by atoms with E-state index in [1.807, 2.05) is 0 Å². The van der Waals surface area contributed by atoms with E-state index in [4.69, 9.17) is 18.0 Å². The average molecular weight is 240 g/mol. The van der Waals surface area contributed by atoms with Gasteiger partial charge in [0, 0.05) is 6.07 Å². The number of carbonyl (C=O) groups is 1. The van der Waals surface area contributed by atoms with Crippen LogP contribution in [0.25, 0.3) is 0 Å². The molecule has 0 bridgehead atoms. The maximum Gasteiger partial charge on any atom is 0.272 e. The predicted octanol–water partition coefficient (Wildman–Crippen LogP) is -0.436. The number of hydrogen-bond acceptors (Lipinski definition) is 4. The molecule has 0 saturated heterocycles. The summed E-state index contributed by atoms with van der Waals surface area (Å²) in [6, 6.07) is 2.54. The van der Waals surface area contributed by atoms with Crippen LogP contribution in [0.15, 0.2) is 16.9 Å². The van der Waals surface area contributed by atoms with Gasteiger partial charge >= 0.3 is 0 Å². The summed E-state index contributed by atoms with van der Waals surface area (Å²) in [5.41, 5.74) is 4.39. The summed E-state index contributed by atoms with van der Waals surface area (Å²) in [6.07, 6.45) is 0. The summed E-state index contributed by atoms with van der Waals surface area (Å²) in [5.74, 6) is -0.450. The number of aromatic nitrogens is 2. The van der Waals surface area contributed by atoms with Crippen molar-refractivity contribution in [2.75, 3.05) is 0 Å². The standard InChI is InChI=1S/C9H12N4O2S/c1-9(2,8(10)16)11-7(15)5-3-4-6(14)13-12-5/h3-4H,1-2H3,(H2,10,16)(H,11,15)(H,13,14). The van der Waals surface area contributed by atoms with Crippen molar-refractivity contribution >= 4 is 23.1 Å². The Balaban J connectivity index is 2.84. The third kappa shape index (κ3) is 2.86. The first-order valence-corrected chi connectivity index (χ1v) is 4.92. The molecule has 0 unspecified atom stereocenters. The van der Waals surface area contributed by atoms with Gasteiger partial charge in [0.2, 0.25) is 0 Å². The fourth-order valence-electron chi connectivity index (χ4n) is 0.880. The third-order valence-corrected chi connectivity index (χ3v) is 2.46. The molecule has 1 amide bonds. The lowest BCUT2D eigenvalue weighted by molar-refractivity contribution is 0.0926. The van der Waals surface area contributed by atoms with Crippen molar-refractivity contribution in [3.63, 3.8) is 0 Å². The number of aromatic amines is 1. The zero-order valence-electron chi connectivity index (χ0n) is 8.90. The summed E-state index contributed by atoms with van der Waals surface area (Å²) >= 11 is 4.81. The van der Waals surface area contributed by atoms with Crippen LogP contribution in [-0.4, -0.2) is 26.6 Å². The quantitative estimate of drug-likeness (QED) is 0.622. The van der Waals surface area contributed by atoms with Crippen molar-refractivity contribution < 1.29 is 4.79 Å². The van der Waals surface area contributed by atoms with Gasteiger partial charge in [0.1, 0.15) is 5.69 Å². The molecule has 4 N–H and O–H groups in total. The van der Waals surface area contributed by atoms with E-state index in [0.29, 0.717) is 0 Å². The molecule has 86 valence electrons. The van der Waals surface area contributed by atoms with Crippen molar-refractivity contribution in [1.29, 1.82) is 0 Å². The molecule has 1 aromatic rings. The summed E-state index contributed by atoms with van der Waals surface area (Å²) in [7, 11) is 0. The maximum atomic E-state index is 11.7. The van der Waals surface area contributed by atoms with Gasteiger partial charge in [-0.25, -0.2) is 5.10 Å². The van der Waals surface area contributed by atoms with Crippen LogP contribution in [0.3, 0.4) is 0 Å². The first-order valence-electron chi connectivity index (χ1n) is 4.51. The second kappa shape index (κ2) is 4.40. The second-order valence-electron chi connectivity index (χ2n) is 3.75. The van der Waals surface area contributed by atoms with E-state index in [0.717, 1.165) is 0 Å². The molecule has 16 heavy (non-hydrogen) atoms. The number of rotatable bonds is 3. The molecule has 0 fully saturated rings. The van der Waals surface area contributed by atoms with Crippen LogP contribution in [-0.2, 0) is 0 Å². The molecule has 0 aliphatic heterocycles. The van der Waals surface area contributed by atoms with Gasteiger partial charge in [0.25, 0.3) is 11.5 Å². The molecule has 0 spiro atoms. The van der Waals surface area contributed by atoms with E-state index >= 15 is 0 Å². The van der Waals surface area contributed by atoms with Crippen molar-refractivity contribution in [2.45, 2.75) is 19.4 Å². The van der Waals surface area contributed by atoms with Gasteiger partial charge in [-0.15, -0.1) is 0 Å². The van der Waals surface area contributed by atoms with Crippen LogP contribution >= 0.6 is 12.2 Å². The number of amides is 1. The first-order chi connectivity index (χ1) is 7.33. The zero-order valence-corrected chi connectivity index (χ0v) is 9.72.